The normalized spacial score (nSPS) is 13.6. The average Bonchev–Trinajstić information content (AvgIpc) is 2.95. The minimum atomic E-state index is -0.285. The van der Waals surface area contributed by atoms with Crippen LogP contribution in [0.5, 0.6) is 0 Å². The Kier molecular flexibility index (Phi) is 6.22. The Labute approximate surface area is 141 Å². The molecule has 0 bridgehead atoms. The smallest absolute Gasteiger partial charge is 0.233 e. The summed E-state index contributed by atoms with van der Waals surface area (Å²) < 4.78 is 14.6. The minimum absolute atomic E-state index is 0.0808. The summed E-state index contributed by atoms with van der Waals surface area (Å²) >= 11 is 4.40. The van der Waals surface area contributed by atoms with E-state index in [1.54, 1.807) is 12.1 Å². The Hall–Kier alpha value is -1.12. The number of carbonyl (C=O) groups is 1. The molecule has 0 aliphatic rings. The number of thioether (sulfide) groups is 2. The third-order valence-electron chi connectivity index (χ3n) is 2.94. The summed E-state index contributed by atoms with van der Waals surface area (Å²) in [6, 6.07) is 5.96. The van der Waals surface area contributed by atoms with Crippen LogP contribution in [0.25, 0.3) is 0 Å². The maximum absolute atomic E-state index is 12.9. The molecule has 0 saturated carbocycles. The molecule has 0 unspecified atom stereocenters. The zero-order valence-electron chi connectivity index (χ0n) is 12.4. The van der Waals surface area contributed by atoms with Gasteiger partial charge in [0, 0.05) is 0 Å². The summed E-state index contributed by atoms with van der Waals surface area (Å²) in [5.74, 6) is -0.366. The zero-order valence-corrected chi connectivity index (χ0v) is 14.8. The molecule has 2 atom stereocenters. The number of aromatic nitrogens is 2. The van der Waals surface area contributed by atoms with Crippen molar-refractivity contribution in [2.24, 2.45) is 0 Å². The SMILES string of the molecule is CSc1nnc(S[C@@H](C)C(=O)N[C@@H](C)c2ccc(F)cc2)s1. The van der Waals surface area contributed by atoms with E-state index in [4.69, 9.17) is 0 Å². The van der Waals surface area contributed by atoms with Gasteiger partial charge in [0.1, 0.15) is 5.82 Å². The Morgan fingerprint density at radius 2 is 1.86 bits per heavy atom. The lowest BCUT2D eigenvalue weighted by molar-refractivity contribution is -0.120. The quantitative estimate of drug-likeness (QED) is 0.798. The number of carbonyl (C=O) groups excluding carboxylic acids is 1. The summed E-state index contributed by atoms with van der Waals surface area (Å²) in [6.45, 7) is 3.71. The van der Waals surface area contributed by atoms with Crippen LogP contribution >= 0.6 is 34.9 Å². The van der Waals surface area contributed by atoms with Gasteiger partial charge in [-0.2, -0.15) is 0 Å². The van der Waals surface area contributed by atoms with E-state index >= 15 is 0 Å². The molecule has 2 aromatic rings. The number of rotatable bonds is 6. The molecular weight excluding hydrogens is 341 g/mol. The van der Waals surface area contributed by atoms with Gasteiger partial charge in [-0.3, -0.25) is 4.79 Å². The first-order valence-corrected chi connectivity index (χ1v) is 9.51. The van der Waals surface area contributed by atoms with Crippen molar-refractivity contribution in [1.82, 2.24) is 15.5 Å². The molecule has 8 heteroatoms. The van der Waals surface area contributed by atoms with Gasteiger partial charge in [0.2, 0.25) is 5.91 Å². The third kappa shape index (κ3) is 4.69. The van der Waals surface area contributed by atoms with Crippen molar-refractivity contribution in [3.05, 3.63) is 35.6 Å². The maximum Gasteiger partial charge on any atom is 0.233 e. The molecule has 4 nitrogen and oxygen atoms in total. The maximum atomic E-state index is 12.9. The van der Waals surface area contributed by atoms with Gasteiger partial charge in [-0.15, -0.1) is 10.2 Å². The van der Waals surface area contributed by atoms with Gasteiger partial charge < -0.3 is 5.32 Å². The molecule has 2 rings (SSSR count). The van der Waals surface area contributed by atoms with Crippen LogP contribution in [-0.2, 0) is 4.79 Å². The number of amides is 1. The summed E-state index contributed by atoms with van der Waals surface area (Å²) in [4.78, 5) is 12.2. The van der Waals surface area contributed by atoms with Crippen LogP contribution in [0.1, 0.15) is 25.5 Å². The van der Waals surface area contributed by atoms with Gasteiger partial charge in [-0.25, -0.2) is 4.39 Å². The number of hydrogen-bond acceptors (Lipinski definition) is 6. The Morgan fingerprint density at radius 1 is 1.23 bits per heavy atom. The monoisotopic (exact) mass is 357 g/mol. The fourth-order valence-corrected chi connectivity index (χ4v) is 4.29. The van der Waals surface area contributed by atoms with Crippen molar-refractivity contribution < 1.29 is 9.18 Å². The lowest BCUT2D eigenvalue weighted by Crippen LogP contribution is -2.33. The van der Waals surface area contributed by atoms with Crippen LogP contribution < -0.4 is 5.32 Å². The minimum Gasteiger partial charge on any atom is -0.349 e. The van der Waals surface area contributed by atoms with Crippen molar-refractivity contribution in [3.63, 3.8) is 0 Å². The van der Waals surface area contributed by atoms with Crippen LogP contribution in [0, 0.1) is 5.82 Å². The Bertz CT molecular complexity index is 633. The molecule has 0 spiro atoms. The number of hydrogen-bond donors (Lipinski definition) is 1. The molecule has 22 heavy (non-hydrogen) atoms. The standard InChI is InChI=1S/C14H16FN3OS3/c1-8(10-4-6-11(15)7-5-10)16-12(19)9(2)21-14-18-17-13(20-3)22-14/h4-9H,1-3H3,(H,16,19)/t8-,9-/m0/s1. The highest BCUT2D eigenvalue weighted by atomic mass is 32.2. The first-order chi connectivity index (χ1) is 10.5. The molecule has 0 radical (unpaired) electrons. The van der Waals surface area contributed by atoms with Crippen molar-refractivity contribution in [3.8, 4) is 0 Å². The third-order valence-corrected chi connectivity index (χ3v) is 6.02. The van der Waals surface area contributed by atoms with Crippen LogP contribution in [0.15, 0.2) is 32.9 Å². The first-order valence-electron chi connectivity index (χ1n) is 6.59. The average molecular weight is 358 g/mol. The molecule has 1 N–H and O–H groups in total. The van der Waals surface area contributed by atoms with Gasteiger partial charge in [0.05, 0.1) is 11.3 Å². The number of benzene rings is 1. The molecule has 1 amide bonds. The van der Waals surface area contributed by atoms with Gasteiger partial charge in [0.15, 0.2) is 8.68 Å². The second kappa shape index (κ2) is 7.94. The largest absolute Gasteiger partial charge is 0.349 e. The predicted octanol–water partition coefficient (Wildman–Crippen LogP) is 3.76. The molecule has 1 aromatic carbocycles. The molecule has 0 aliphatic heterocycles. The Morgan fingerprint density at radius 3 is 2.45 bits per heavy atom. The second-order valence-corrected chi connectivity index (χ2v) is 8.20. The van der Waals surface area contributed by atoms with Gasteiger partial charge in [0.25, 0.3) is 0 Å². The van der Waals surface area contributed by atoms with Crippen LogP contribution in [0.4, 0.5) is 4.39 Å². The molecule has 0 saturated heterocycles. The summed E-state index contributed by atoms with van der Waals surface area (Å²) in [5, 5.41) is 10.7. The number of halogens is 1. The van der Waals surface area contributed by atoms with Gasteiger partial charge >= 0.3 is 0 Å². The second-order valence-electron chi connectivity index (χ2n) is 4.58. The number of nitrogens with one attached hydrogen (secondary N) is 1. The predicted molar refractivity (Wildman–Crippen MR) is 90.0 cm³/mol. The lowest BCUT2D eigenvalue weighted by Gasteiger charge is -2.17. The van der Waals surface area contributed by atoms with Crippen LogP contribution in [0.2, 0.25) is 0 Å². The van der Waals surface area contributed by atoms with Crippen LogP contribution in [0.3, 0.4) is 0 Å². The molecule has 0 aliphatic carbocycles. The van der Waals surface area contributed by atoms with Gasteiger partial charge in [-0.1, -0.05) is 47.0 Å². The van der Waals surface area contributed by atoms with E-state index in [1.165, 1.54) is 47.0 Å². The molecule has 0 fully saturated rings. The summed E-state index contributed by atoms with van der Waals surface area (Å²) in [5.41, 5.74) is 0.868. The topological polar surface area (TPSA) is 54.9 Å². The van der Waals surface area contributed by atoms with E-state index in [0.29, 0.717) is 0 Å². The highest BCUT2D eigenvalue weighted by molar-refractivity contribution is 8.03. The highest BCUT2D eigenvalue weighted by Crippen LogP contribution is 2.30. The summed E-state index contributed by atoms with van der Waals surface area (Å²) in [6.07, 6.45) is 1.94. The first kappa shape index (κ1) is 17.2. The zero-order chi connectivity index (χ0) is 16.1. The fraction of sp³-hybridized carbons (Fsp3) is 0.357. The van der Waals surface area contributed by atoms with Crippen molar-refractivity contribution in [2.75, 3.05) is 6.26 Å². The van der Waals surface area contributed by atoms with Crippen LogP contribution in [-0.4, -0.2) is 27.6 Å². The van der Waals surface area contributed by atoms with Crippen molar-refractivity contribution in [1.29, 1.82) is 0 Å². The van der Waals surface area contributed by atoms with E-state index in [1.807, 2.05) is 20.1 Å². The van der Waals surface area contributed by atoms with E-state index in [9.17, 15) is 9.18 Å². The number of nitrogens with zero attached hydrogens (tertiary/aromatic N) is 2. The van der Waals surface area contributed by atoms with E-state index < -0.39 is 0 Å². The molecular formula is C14H16FN3OS3. The molecule has 1 heterocycles. The fourth-order valence-electron chi connectivity index (χ4n) is 1.70. The molecule has 118 valence electrons. The molecule has 1 aromatic heterocycles. The van der Waals surface area contributed by atoms with Gasteiger partial charge in [-0.05, 0) is 37.8 Å². The van der Waals surface area contributed by atoms with Crippen molar-refractivity contribution in [2.45, 2.75) is 33.8 Å². The summed E-state index contributed by atoms with van der Waals surface area (Å²) in [7, 11) is 0. The van der Waals surface area contributed by atoms with E-state index in [2.05, 4.69) is 15.5 Å². The highest BCUT2D eigenvalue weighted by Gasteiger charge is 2.19. The van der Waals surface area contributed by atoms with E-state index in [-0.39, 0.29) is 23.0 Å². The van der Waals surface area contributed by atoms with E-state index in [0.717, 1.165) is 14.2 Å². The lowest BCUT2D eigenvalue weighted by atomic mass is 10.1. The Balaban J connectivity index is 1.91. The van der Waals surface area contributed by atoms with Crippen molar-refractivity contribution >= 4 is 40.8 Å².